The number of aliphatic hydroxyl groups excluding tert-OH is 1. The highest BCUT2D eigenvalue weighted by Crippen LogP contribution is 2.37. The molecule has 8 heteroatoms. The van der Waals surface area contributed by atoms with Crippen molar-refractivity contribution < 1.29 is 13.5 Å². The number of rotatable bonds is 5. The van der Waals surface area contributed by atoms with Crippen LogP contribution in [0.5, 0.6) is 0 Å². The molecule has 2 aromatic heterocycles. The van der Waals surface area contributed by atoms with E-state index in [4.69, 9.17) is 11.6 Å². The van der Waals surface area contributed by atoms with Crippen molar-refractivity contribution in [1.82, 2.24) is 9.55 Å². The summed E-state index contributed by atoms with van der Waals surface area (Å²) < 4.78 is 28.9. The number of anilines is 1. The maximum absolute atomic E-state index is 12.4. The number of nitrogens with zero attached hydrogens (tertiary/aromatic N) is 2. The molecule has 2 aromatic rings. The quantitative estimate of drug-likeness (QED) is 0.881. The lowest BCUT2D eigenvalue weighted by Crippen LogP contribution is -2.13. The standard InChI is InChI=1S/C13H14ClN3O3S/c14-12-2-1-5-15-13(12)16-21(19,20)11-6-10(8-18)17(7-11)9-3-4-9/h1-2,5-7,9,18H,3-4,8H2,(H,15,16). The Hall–Kier alpha value is -1.57. The van der Waals surface area contributed by atoms with E-state index in [0.29, 0.717) is 5.69 Å². The molecule has 0 aromatic carbocycles. The number of halogens is 1. The fourth-order valence-corrected chi connectivity index (χ4v) is 3.41. The van der Waals surface area contributed by atoms with Crippen LogP contribution < -0.4 is 4.72 Å². The van der Waals surface area contributed by atoms with Crippen molar-refractivity contribution in [2.24, 2.45) is 0 Å². The first kappa shape index (κ1) is 14.4. The van der Waals surface area contributed by atoms with Gasteiger partial charge in [0.15, 0.2) is 5.82 Å². The molecule has 0 saturated heterocycles. The molecule has 3 rings (SSSR count). The molecular formula is C13H14ClN3O3S. The Morgan fingerprint density at radius 1 is 1.48 bits per heavy atom. The normalized spacial score (nSPS) is 15.1. The fourth-order valence-electron chi connectivity index (χ4n) is 2.11. The second-order valence-corrected chi connectivity index (χ2v) is 6.99. The minimum atomic E-state index is -3.78. The lowest BCUT2D eigenvalue weighted by atomic mass is 10.4. The van der Waals surface area contributed by atoms with Crippen LogP contribution in [0.25, 0.3) is 0 Å². The van der Waals surface area contributed by atoms with Crippen LogP contribution >= 0.6 is 11.6 Å². The molecule has 1 aliphatic rings. The van der Waals surface area contributed by atoms with Crippen LogP contribution in [0.4, 0.5) is 5.82 Å². The van der Waals surface area contributed by atoms with E-state index in [1.54, 1.807) is 18.3 Å². The van der Waals surface area contributed by atoms with Crippen molar-refractivity contribution in [3.63, 3.8) is 0 Å². The first-order valence-corrected chi connectivity index (χ1v) is 8.32. The molecule has 2 N–H and O–H groups in total. The van der Waals surface area contributed by atoms with Crippen molar-refractivity contribution >= 4 is 27.4 Å². The summed E-state index contributed by atoms with van der Waals surface area (Å²) in [5.74, 6) is 0.0869. The average Bonchev–Trinajstić information content (AvgIpc) is 3.19. The van der Waals surface area contributed by atoms with Crippen molar-refractivity contribution in [1.29, 1.82) is 0 Å². The molecule has 0 atom stereocenters. The summed E-state index contributed by atoms with van der Waals surface area (Å²) in [6.45, 7) is -0.198. The molecular weight excluding hydrogens is 314 g/mol. The van der Waals surface area contributed by atoms with Crippen LogP contribution in [0, 0.1) is 0 Å². The zero-order valence-corrected chi connectivity index (χ0v) is 12.6. The summed E-state index contributed by atoms with van der Waals surface area (Å²) in [6.07, 6.45) is 5.00. The number of aromatic nitrogens is 2. The molecule has 1 aliphatic carbocycles. The van der Waals surface area contributed by atoms with Gasteiger partial charge in [0.25, 0.3) is 10.0 Å². The summed E-state index contributed by atoms with van der Waals surface area (Å²) in [4.78, 5) is 4.00. The predicted molar refractivity (Wildman–Crippen MR) is 78.7 cm³/mol. The molecule has 1 saturated carbocycles. The monoisotopic (exact) mass is 327 g/mol. The van der Waals surface area contributed by atoms with Gasteiger partial charge in [-0.1, -0.05) is 11.6 Å². The molecule has 112 valence electrons. The molecule has 0 spiro atoms. The van der Waals surface area contributed by atoms with E-state index >= 15 is 0 Å². The van der Waals surface area contributed by atoms with E-state index in [-0.39, 0.29) is 28.4 Å². The maximum atomic E-state index is 12.4. The minimum absolute atomic E-state index is 0.0869. The number of aliphatic hydroxyl groups is 1. The van der Waals surface area contributed by atoms with Crippen LogP contribution in [0.3, 0.4) is 0 Å². The van der Waals surface area contributed by atoms with Gasteiger partial charge in [-0.2, -0.15) is 0 Å². The van der Waals surface area contributed by atoms with Crippen molar-refractivity contribution in [3.8, 4) is 0 Å². The SMILES string of the molecule is O=S(=O)(Nc1ncccc1Cl)c1cc(CO)n(C2CC2)c1. The third kappa shape index (κ3) is 2.90. The second kappa shape index (κ2) is 5.32. The maximum Gasteiger partial charge on any atom is 0.264 e. The van der Waals surface area contributed by atoms with Crippen molar-refractivity contribution in [3.05, 3.63) is 41.3 Å². The molecule has 0 bridgehead atoms. The largest absolute Gasteiger partial charge is 0.390 e. The van der Waals surface area contributed by atoms with E-state index in [1.165, 1.54) is 12.3 Å². The molecule has 0 aliphatic heterocycles. The van der Waals surface area contributed by atoms with Gasteiger partial charge in [0.1, 0.15) is 4.90 Å². The Bertz CT molecular complexity index is 769. The van der Waals surface area contributed by atoms with Crippen LogP contribution in [0.2, 0.25) is 5.02 Å². The van der Waals surface area contributed by atoms with E-state index in [9.17, 15) is 13.5 Å². The Balaban J connectivity index is 1.93. The summed E-state index contributed by atoms with van der Waals surface area (Å²) in [7, 11) is -3.78. The highest BCUT2D eigenvalue weighted by molar-refractivity contribution is 7.92. The second-order valence-electron chi connectivity index (χ2n) is 4.90. The molecule has 6 nitrogen and oxygen atoms in total. The smallest absolute Gasteiger partial charge is 0.264 e. The Labute approximate surface area is 127 Å². The predicted octanol–water partition coefficient (Wildman–Crippen LogP) is 2.16. The van der Waals surface area contributed by atoms with Gasteiger partial charge in [-0.25, -0.2) is 13.4 Å². The Morgan fingerprint density at radius 3 is 2.86 bits per heavy atom. The van der Waals surface area contributed by atoms with E-state index in [0.717, 1.165) is 12.8 Å². The number of sulfonamides is 1. The summed E-state index contributed by atoms with van der Waals surface area (Å²) in [5, 5.41) is 9.57. The third-order valence-corrected chi connectivity index (χ3v) is 4.92. The third-order valence-electron chi connectivity index (χ3n) is 3.31. The zero-order chi connectivity index (χ0) is 15.0. The first-order chi connectivity index (χ1) is 10.0. The van der Waals surface area contributed by atoms with E-state index < -0.39 is 10.0 Å². The molecule has 0 amide bonds. The number of hydrogen-bond donors (Lipinski definition) is 2. The van der Waals surface area contributed by atoms with Gasteiger partial charge in [-0.05, 0) is 31.0 Å². The van der Waals surface area contributed by atoms with Gasteiger partial charge in [0, 0.05) is 24.1 Å². The fraction of sp³-hybridized carbons (Fsp3) is 0.308. The van der Waals surface area contributed by atoms with Crippen molar-refractivity contribution in [2.75, 3.05) is 4.72 Å². The van der Waals surface area contributed by atoms with Gasteiger partial charge >= 0.3 is 0 Å². The van der Waals surface area contributed by atoms with Crippen molar-refractivity contribution in [2.45, 2.75) is 30.4 Å². The highest BCUT2D eigenvalue weighted by atomic mass is 35.5. The van der Waals surface area contributed by atoms with Crippen LogP contribution in [-0.4, -0.2) is 23.1 Å². The van der Waals surface area contributed by atoms with Gasteiger partial charge in [0.05, 0.1) is 11.6 Å². The molecule has 0 unspecified atom stereocenters. The number of hydrogen-bond acceptors (Lipinski definition) is 4. The topological polar surface area (TPSA) is 84.2 Å². The van der Waals surface area contributed by atoms with Crippen LogP contribution in [0.1, 0.15) is 24.6 Å². The van der Waals surface area contributed by atoms with E-state index in [2.05, 4.69) is 9.71 Å². The average molecular weight is 328 g/mol. The van der Waals surface area contributed by atoms with E-state index in [1.807, 2.05) is 4.57 Å². The lowest BCUT2D eigenvalue weighted by molar-refractivity contribution is 0.270. The number of pyridine rings is 1. The van der Waals surface area contributed by atoms with Gasteiger partial charge in [0.2, 0.25) is 0 Å². The molecule has 0 radical (unpaired) electrons. The summed E-state index contributed by atoms with van der Waals surface area (Å²) >= 11 is 5.91. The molecule has 2 heterocycles. The zero-order valence-electron chi connectivity index (χ0n) is 11.0. The van der Waals surface area contributed by atoms with Gasteiger partial charge in [-0.3, -0.25) is 4.72 Å². The van der Waals surface area contributed by atoms with Crippen LogP contribution in [0.15, 0.2) is 35.5 Å². The summed E-state index contributed by atoms with van der Waals surface area (Å²) in [6, 6.07) is 4.93. The number of nitrogens with one attached hydrogen (secondary N) is 1. The summed E-state index contributed by atoms with van der Waals surface area (Å²) in [5.41, 5.74) is 0.588. The highest BCUT2D eigenvalue weighted by Gasteiger charge is 2.28. The van der Waals surface area contributed by atoms with Gasteiger partial charge < -0.3 is 9.67 Å². The van der Waals surface area contributed by atoms with Gasteiger partial charge in [-0.15, -0.1) is 0 Å². The molecule has 1 fully saturated rings. The first-order valence-electron chi connectivity index (χ1n) is 6.46. The Morgan fingerprint density at radius 2 is 2.24 bits per heavy atom. The lowest BCUT2D eigenvalue weighted by Gasteiger charge is -2.06. The van der Waals surface area contributed by atoms with Crippen LogP contribution in [-0.2, 0) is 16.6 Å². The Kier molecular flexibility index (Phi) is 3.64. The molecule has 21 heavy (non-hydrogen) atoms. The minimum Gasteiger partial charge on any atom is -0.390 e.